The van der Waals surface area contributed by atoms with Crippen molar-refractivity contribution in [3.05, 3.63) is 0 Å². The van der Waals surface area contributed by atoms with E-state index in [-0.39, 0.29) is 0 Å². The van der Waals surface area contributed by atoms with Crippen LogP contribution in [0.15, 0.2) is 0 Å². The predicted molar refractivity (Wildman–Crippen MR) is 43.6 cm³/mol. The van der Waals surface area contributed by atoms with Crippen molar-refractivity contribution in [2.24, 2.45) is 0 Å². The van der Waals surface area contributed by atoms with E-state index >= 15 is 0 Å². The van der Waals surface area contributed by atoms with Gasteiger partial charge in [-0.3, -0.25) is 4.90 Å². The second kappa shape index (κ2) is 4.44. The van der Waals surface area contributed by atoms with Gasteiger partial charge in [0, 0.05) is 23.4 Å². The Kier molecular flexibility index (Phi) is 3.81. The summed E-state index contributed by atoms with van der Waals surface area (Å²) in [5.74, 6) is 2.18. The largest absolute Gasteiger partial charge is 0.395 e. The predicted octanol–water partition coefficient (Wildman–Crippen LogP) is 0.633. The van der Waals surface area contributed by atoms with E-state index in [1.807, 2.05) is 23.5 Å². The zero-order valence-electron chi connectivity index (χ0n) is 5.25. The lowest BCUT2D eigenvalue weighted by molar-refractivity contribution is 0.233. The maximum Gasteiger partial charge on any atom is 0.0559 e. The van der Waals surface area contributed by atoms with Gasteiger partial charge in [-0.15, -0.1) is 23.5 Å². The first-order chi connectivity index (χ1) is 4.43. The van der Waals surface area contributed by atoms with E-state index in [2.05, 4.69) is 4.90 Å². The molecule has 0 aromatic rings. The minimum absolute atomic E-state index is 0.293. The maximum atomic E-state index is 8.56. The van der Waals surface area contributed by atoms with Crippen LogP contribution < -0.4 is 0 Å². The molecule has 9 heavy (non-hydrogen) atoms. The third kappa shape index (κ3) is 2.80. The van der Waals surface area contributed by atoms with Gasteiger partial charge in [-0.1, -0.05) is 0 Å². The summed E-state index contributed by atoms with van der Waals surface area (Å²) < 4.78 is 0. The summed E-state index contributed by atoms with van der Waals surface area (Å²) in [6.45, 7) is 1.13. The van der Waals surface area contributed by atoms with Gasteiger partial charge in [0.25, 0.3) is 0 Å². The van der Waals surface area contributed by atoms with Crippen LogP contribution in [0.3, 0.4) is 0 Å². The van der Waals surface area contributed by atoms with Gasteiger partial charge in [-0.05, 0) is 0 Å². The number of thioether (sulfide) groups is 2. The number of rotatable bonds is 2. The summed E-state index contributed by atoms with van der Waals surface area (Å²) in [7, 11) is 0. The average Bonchev–Trinajstić information content (AvgIpc) is 1.91. The Morgan fingerprint density at radius 3 is 2.56 bits per heavy atom. The molecule has 0 bridgehead atoms. The molecule has 1 heterocycles. The lowest BCUT2D eigenvalue weighted by Crippen LogP contribution is -2.28. The van der Waals surface area contributed by atoms with E-state index in [0.717, 1.165) is 18.3 Å². The van der Waals surface area contributed by atoms with Crippen molar-refractivity contribution in [1.82, 2.24) is 4.90 Å². The lowest BCUT2D eigenvalue weighted by atomic mass is 10.6. The van der Waals surface area contributed by atoms with Crippen LogP contribution in [0.4, 0.5) is 0 Å². The van der Waals surface area contributed by atoms with E-state index in [1.165, 1.54) is 5.08 Å². The number of aliphatic hydroxyl groups excluding tert-OH is 1. The summed E-state index contributed by atoms with van der Waals surface area (Å²) in [5, 5.41) is 9.77. The third-order valence-electron chi connectivity index (χ3n) is 1.13. The van der Waals surface area contributed by atoms with Crippen LogP contribution in [0.5, 0.6) is 0 Å². The minimum Gasteiger partial charge on any atom is -0.395 e. The summed E-state index contributed by atoms with van der Waals surface area (Å²) in [6.07, 6.45) is 0. The second-order valence-electron chi connectivity index (χ2n) is 1.90. The SMILES string of the molecule is OCCN1CSCSC1. The van der Waals surface area contributed by atoms with Crippen LogP contribution in [0.2, 0.25) is 0 Å². The van der Waals surface area contributed by atoms with E-state index in [9.17, 15) is 0 Å². The number of hydrogen-bond acceptors (Lipinski definition) is 4. The molecule has 1 aliphatic rings. The van der Waals surface area contributed by atoms with Crippen molar-refractivity contribution in [2.45, 2.75) is 0 Å². The molecule has 0 amide bonds. The summed E-state index contributed by atoms with van der Waals surface area (Å²) in [4.78, 5) is 2.25. The number of β-amino-alcohol motifs (C(OH)–C–C–N with tert-alkyl or cyclic N) is 1. The molecule has 0 aromatic heterocycles. The Bertz CT molecular complexity index is 72.6. The normalized spacial score (nSPS) is 22.3. The minimum atomic E-state index is 0.293. The van der Waals surface area contributed by atoms with Crippen molar-refractivity contribution in [2.75, 3.05) is 30.0 Å². The van der Waals surface area contributed by atoms with Crippen LogP contribution >= 0.6 is 23.5 Å². The monoisotopic (exact) mass is 165 g/mol. The molecule has 1 N–H and O–H groups in total. The molecule has 0 radical (unpaired) electrons. The summed E-state index contributed by atoms with van der Waals surface area (Å²) >= 11 is 3.84. The molecule has 0 aliphatic carbocycles. The lowest BCUT2D eigenvalue weighted by Gasteiger charge is -2.24. The molecule has 0 aromatic carbocycles. The van der Waals surface area contributed by atoms with Crippen LogP contribution in [0.1, 0.15) is 0 Å². The molecule has 1 fully saturated rings. The average molecular weight is 165 g/mol. The topological polar surface area (TPSA) is 23.5 Å². The molecule has 0 spiro atoms. The Balaban J connectivity index is 2.08. The second-order valence-corrected chi connectivity index (χ2v) is 4.18. The van der Waals surface area contributed by atoms with E-state index in [4.69, 9.17) is 5.11 Å². The van der Waals surface area contributed by atoms with Gasteiger partial charge in [0.05, 0.1) is 6.61 Å². The highest BCUT2D eigenvalue weighted by atomic mass is 32.2. The molecule has 1 rings (SSSR count). The first-order valence-electron chi connectivity index (χ1n) is 2.92. The molecule has 0 atom stereocenters. The number of aliphatic hydroxyl groups is 1. The van der Waals surface area contributed by atoms with Crippen molar-refractivity contribution >= 4 is 23.5 Å². The van der Waals surface area contributed by atoms with Gasteiger partial charge < -0.3 is 5.11 Å². The molecule has 0 unspecified atom stereocenters. The number of nitrogens with zero attached hydrogens (tertiary/aromatic N) is 1. The van der Waals surface area contributed by atoms with E-state index < -0.39 is 0 Å². The fraction of sp³-hybridized carbons (Fsp3) is 1.00. The Morgan fingerprint density at radius 2 is 2.00 bits per heavy atom. The molecule has 1 aliphatic heterocycles. The van der Waals surface area contributed by atoms with Crippen molar-refractivity contribution in [3.63, 3.8) is 0 Å². The van der Waals surface area contributed by atoms with Crippen molar-refractivity contribution in [3.8, 4) is 0 Å². The highest BCUT2D eigenvalue weighted by molar-refractivity contribution is 8.16. The van der Waals surface area contributed by atoms with Gasteiger partial charge in [-0.25, -0.2) is 0 Å². The van der Waals surface area contributed by atoms with Crippen LogP contribution in [-0.4, -0.2) is 40.0 Å². The summed E-state index contributed by atoms with van der Waals surface area (Å²) in [5.41, 5.74) is 0. The van der Waals surface area contributed by atoms with Gasteiger partial charge in [0.1, 0.15) is 0 Å². The van der Waals surface area contributed by atoms with Gasteiger partial charge in [0.2, 0.25) is 0 Å². The third-order valence-corrected chi connectivity index (χ3v) is 3.56. The molecule has 0 saturated carbocycles. The van der Waals surface area contributed by atoms with Crippen molar-refractivity contribution in [1.29, 1.82) is 0 Å². The Hall–Kier alpha value is 0.620. The van der Waals surface area contributed by atoms with Gasteiger partial charge >= 0.3 is 0 Å². The zero-order valence-corrected chi connectivity index (χ0v) is 6.88. The van der Waals surface area contributed by atoms with E-state index in [0.29, 0.717) is 6.61 Å². The number of hydrogen-bond donors (Lipinski definition) is 1. The fourth-order valence-corrected chi connectivity index (χ4v) is 2.84. The standard InChI is InChI=1S/C5H11NOS2/c7-2-1-6-3-8-5-9-4-6/h7H,1-5H2. The molecule has 1 saturated heterocycles. The summed E-state index contributed by atoms with van der Waals surface area (Å²) in [6, 6.07) is 0. The zero-order chi connectivity index (χ0) is 6.53. The highest BCUT2D eigenvalue weighted by Gasteiger charge is 2.08. The molecular weight excluding hydrogens is 154 g/mol. The van der Waals surface area contributed by atoms with Crippen LogP contribution in [0, 0.1) is 0 Å². The molecule has 2 nitrogen and oxygen atoms in total. The molecular formula is C5H11NOS2. The first-order valence-corrected chi connectivity index (χ1v) is 5.23. The molecule has 54 valence electrons. The Morgan fingerprint density at radius 1 is 1.33 bits per heavy atom. The quantitative estimate of drug-likeness (QED) is 0.648. The highest BCUT2D eigenvalue weighted by Crippen LogP contribution is 2.20. The maximum absolute atomic E-state index is 8.56. The van der Waals surface area contributed by atoms with Crippen LogP contribution in [0.25, 0.3) is 0 Å². The molecule has 4 heteroatoms. The Labute approximate surface area is 64.0 Å². The van der Waals surface area contributed by atoms with Gasteiger partial charge in [0.15, 0.2) is 0 Å². The van der Waals surface area contributed by atoms with Crippen LogP contribution in [-0.2, 0) is 0 Å². The van der Waals surface area contributed by atoms with Crippen molar-refractivity contribution < 1.29 is 5.11 Å². The van der Waals surface area contributed by atoms with E-state index in [1.54, 1.807) is 0 Å². The first kappa shape index (κ1) is 7.72. The fourth-order valence-electron chi connectivity index (χ4n) is 0.699. The van der Waals surface area contributed by atoms with Gasteiger partial charge in [-0.2, -0.15) is 0 Å². The smallest absolute Gasteiger partial charge is 0.0559 e.